The highest BCUT2D eigenvalue weighted by Gasteiger charge is 2.48. The fourth-order valence-corrected chi connectivity index (χ4v) is 2.10. The van der Waals surface area contributed by atoms with Gasteiger partial charge in [-0.1, -0.05) is 6.92 Å². The Kier molecular flexibility index (Phi) is 1.48. The number of hydrogen-bond acceptors (Lipinski definition) is 2. The van der Waals surface area contributed by atoms with E-state index in [1.807, 2.05) is 12.1 Å². The van der Waals surface area contributed by atoms with Crippen molar-refractivity contribution in [2.75, 3.05) is 0 Å². The summed E-state index contributed by atoms with van der Waals surface area (Å²) in [4.78, 5) is 10.9. The van der Waals surface area contributed by atoms with Crippen LogP contribution in [-0.2, 0) is 10.2 Å². The van der Waals surface area contributed by atoms with Gasteiger partial charge in [0, 0.05) is 5.92 Å². The van der Waals surface area contributed by atoms with Gasteiger partial charge in [0.05, 0.1) is 5.41 Å². The zero-order valence-electron chi connectivity index (χ0n) is 8.32. The molecular formula is C12H14O2. The van der Waals surface area contributed by atoms with Crippen LogP contribution in [0.2, 0.25) is 0 Å². The number of rotatable bonds is 3. The predicted octanol–water partition coefficient (Wildman–Crippen LogP) is 2.63. The molecule has 2 aliphatic carbocycles. The van der Waals surface area contributed by atoms with Gasteiger partial charge >= 0.3 is 0 Å². The van der Waals surface area contributed by atoms with Gasteiger partial charge in [0.2, 0.25) is 0 Å². The van der Waals surface area contributed by atoms with Gasteiger partial charge in [0.15, 0.2) is 0 Å². The number of carbonyl (C=O) groups excluding carboxylic acids is 1. The highest BCUT2D eigenvalue weighted by atomic mass is 16.3. The van der Waals surface area contributed by atoms with Crippen LogP contribution in [0.3, 0.4) is 0 Å². The minimum absolute atomic E-state index is 0.240. The van der Waals surface area contributed by atoms with Gasteiger partial charge in [-0.2, -0.15) is 0 Å². The summed E-state index contributed by atoms with van der Waals surface area (Å²) < 4.78 is 5.76. The zero-order chi connectivity index (χ0) is 9.76. The Morgan fingerprint density at radius 1 is 1.50 bits per heavy atom. The van der Waals surface area contributed by atoms with Crippen LogP contribution >= 0.6 is 0 Å². The van der Waals surface area contributed by atoms with Crippen LogP contribution in [0, 0.1) is 5.92 Å². The number of aldehydes is 1. The average Bonchev–Trinajstić information content (AvgIpc) is 3.08. The summed E-state index contributed by atoms with van der Waals surface area (Å²) in [7, 11) is 0. The van der Waals surface area contributed by atoms with Crippen molar-refractivity contribution in [2.45, 2.75) is 37.5 Å². The summed E-state index contributed by atoms with van der Waals surface area (Å²) in [5.74, 6) is 3.36. The molecule has 2 fully saturated rings. The largest absolute Gasteiger partial charge is 0.465 e. The highest BCUT2D eigenvalue weighted by molar-refractivity contribution is 5.71. The molecule has 1 heterocycles. The lowest BCUT2D eigenvalue weighted by molar-refractivity contribution is -0.110. The lowest BCUT2D eigenvalue weighted by atomic mass is 10.1. The predicted molar refractivity (Wildman–Crippen MR) is 52.2 cm³/mol. The second-order valence-corrected chi connectivity index (χ2v) is 4.80. The fourth-order valence-electron chi connectivity index (χ4n) is 2.10. The van der Waals surface area contributed by atoms with Crippen LogP contribution < -0.4 is 0 Å². The molecule has 3 rings (SSSR count). The molecule has 14 heavy (non-hydrogen) atoms. The molecule has 0 spiro atoms. The van der Waals surface area contributed by atoms with Crippen LogP contribution in [0.5, 0.6) is 0 Å². The maximum Gasteiger partial charge on any atom is 0.133 e. The van der Waals surface area contributed by atoms with Gasteiger partial charge in [0.25, 0.3) is 0 Å². The van der Waals surface area contributed by atoms with Crippen molar-refractivity contribution in [3.05, 3.63) is 23.7 Å². The van der Waals surface area contributed by atoms with E-state index in [2.05, 4.69) is 6.92 Å². The molecule has 1 aromatic rings. The molecule has 0 radical (unpaired) electrons. The molecule has 2 heteroatoms. The molecule has 0 bridgehead atoms. The molecule has 0 aliphatic heterocycles. The smallest absolute Gasteiger partial charge is 0.133 e. The van der Waals surface area contributed by atoms with E-state index < -0.39 is 0 Å². The number of hydrogen-bond donors (Lipinski definition) is 0. The maximum absolute atomic E-state index is 10.9. The Balaban J connectivity index is 1.87. The zero-order valence-corrected chi connectivity index (χ0v) is 8.32. The van der Waals surface area contributed by atoms with E-state index in [1.165, 1.54) is 6.42 Å². The van der Waals surface area contributed by atoms with E-state index in [0.29, 0.717) is 5.92 Å². The SMILES string of the molecule is CC1CC1c1ccc(C2(C=O)CC2)o1. The molecule has 0 saturated heterocycles. The number of carbonyl (C=O) groups is 1. The Morgan fingerprint density at radius 2 is 2.21 bits per heavy atom. The van der Waals surface area contributed by atoms with Gasteiger partial charge in [0.1, 0.15) is 17.8 Å². The van der Waals surface area contributed by atoms with Gasteiger partial charge < -0.3 is 9.21 Å². The molecule has 2 atom stereocenters. The van der Waals surface area contributed by atoms with Gasteiger partial charge in [-0.25, -0.2) is 0 Å². The standard InChI is InChI=1S/C12H14O2/c1-8-6-9(8)10-2-3-11(14-10)12(7-13)4-5-12/h2-3,7-9H,4-6H2,1H3. The quantitative estimate of drug-likeness (QED) is 0.686. The van der Waals surface area contributed by atoms with Crippen LogP contribution in [0.25, 0.3) is 0 Å². The van der Waals surface area contributed by atoms with E-state index in [0.717, 1.165) is 36.6 Å². The third-order valence-electron chi connectivity index (χ3n) is 3.61. The molecule has 74 valence electrons. The Labute approximate surface area is 83.3 Å². The first-order valence-electron chi connectivity index (χ1n) is 5.32. The third kappa shape index (κ3) is 1.06. The maximum atomic E-state index is 10.9. The molecule has 0 N–H and O–H groups in total. The molecule has 2 saturated carbocycles. The highest BCUT2D eigenvalue weighted by Crippen LogP contribution is 2.51. The van der Waals surface area contributed by atoms with Crippen molar-refractivity contribution in [3.63, 3.8) is 0 Å². The second kappa shape index (κ2) is 2.50. The molecule has 2 nitrogen and oxygen atoms in total. The summed E-state index contributed by atoms with van der Waals surface area (Å²) in [6.45, 7) is 2.24. The van der Waals surface area contributed by atoms with E-state index in [-0.39, 0.29) is 5.41 Å². The van der Waals surface area contributed by atoms with Crippen LogP contribution in [0.4, 0.5) is 0 Å². The van der Waals surface area contributed by atoms with Crippen molar-refractivity contribution in [1.82, 2.24) is 0 Å². The molecule has 2 unspecified atom stereocenters. The van der Waals surface area contributed by atoms with Crippen molar-refractivity contribution in [2.24, 2.45) is 5.92 Å². The first-order valence-corrected chi connectivity index (χ1v) is 5.32. The first kappa shape index (κ1) is 8.27. The minimum Gasteiger partial charge on any atom is -0.465 e. The van der Waals surface area contributed by atoms with Crippen LogP contribution in [0.15, 0.2) is 16.5 Å². The van der Waals surface area contributed by atoms with Gasteiger partial charge in [-0.05, 0) is 37.3 Å². The summed E-state index contributed by atoms with van der Waals surface area (Å²) in [6, 6.07) is 4.04. The van der Waals surface area contributed by atoms with Gasteiger partial charge in [-0.15, -0.1) is 0 Å². The average molecular weight is 190 g/mol. The summed E-state index contributed by atoms with van der Waals surface area (Å²) >= 11 is 0. The first-order chi connectivity index (χ1) is 6.75. The Hall–Kier alpha value is -1.05. The van der Waals surface area contributed by atoms with Crippen molar-refractivity contribution in [3.8, 4) is 0 Å². The van der Waals surface area contributed by atoms with Crippen molar-refractivity contribution < 1.29 is 9.21 Å². The van der Waals surface area contributed by atoms with E-state index >= 15 is 0 Å². The molecular weight excluding hydrogens is 176 g/mol. The molecule has 0 aromatic carbocycles. The lowest BCUT2D eigenvalue weighted by Gasteiger charge is -2.01. The van der Waals surface area contributed by atoms with E-state index in [9.17, 15) is 4.79 Å². The molecule has 2 aliphatic rings. The minimum atomic E-state index is -0.240. The normalized spacial score (nSPS) is 32.6. The monoisotopic (exact) mass is 190 g/mol. The van der Waals surface area contributed by atoms with E-state index in [4.69, 9.17) is 4.42 Å². The third-order valence-corrected chi connectivity index (χ3v) is 3.61. The molecule has 0 amide bonds. The van der Waals surface area contributed by atoms with Crippen LogP contribution in [0.1, 0.15) is 43.6 Å². The number of furan rings is 1. The van der Waals surface area contributed by atoms with Crippen molar-refractivity contribution >= 4 is 6.29 Å². The van der Waals surface area contributed by atoms with E-state index in [1.54, 1.807) is 0 Å². The summed E-state index contributed by atoms with van der Waals surface area (Å²) in [6.07, 6.45) is 4.21. The summed E-state index contributed by atoms with van der Waals surface area (Å²) in [5.41, 5.74) is -0.240. The van der Waals surface area contributed by atoms with Crippen molar-refractivity contribution in [1.29, 1.82) is 0 Å². The van der Waals surface area contributed by atoms with Crippen LogP contribution in [-0.4, -0.2) is 6.29 Å². The summed E-state index contributed by atoms with van der Waals surface area (Å²) in [5, 5.41) is 0. The molecule has 1 aromatic heterocycles. The fraction of sp³-hybridized carbons (Fsp3) is 0.583. The Morgan fingerprint density at radius 3 is 2.71 bits per heavy atom. The lowest BCUT2D eigenvalue weighted by Crippen LogP contribution is -2.05. The second-order valence-electron chi connectivity index (χ2n) is 4.80. The Bertz CT molecular complexity index is 373. The van der Waals surface area contributed by atoms with Gasteiger partial charge in [-0.3, -0.25) is 0 Å². The topological polar surface area (TPSA) is 30.2 Å².